The molecule has 9 rings (SSSR count). The van der Waals surface area contributed by atoms with Gasteiger partial charge in [-0.2, -0.15) is 5.10 Å². The molecular formula is C45H30N4. The van der Waals surface area contributed by atoms with Gasteiger partial charge in [0.05, 0.1) is 28.8 Å². The first kappa shape index (κ1) is 28.6. The molecule has 0 saturated heterocycles. The van der Waals surface area contributed by atoms with Crippen molar-refractivity contribution in [3.8, 4) is 67.4 Å². The summed E-state index contributed by atoms with van der Waals surface area (Å²) in [4.78, 5) is 10.0. The summed E-state index contributed by atoms with van der Waals surface area (Å²) < 4.78 is 2.13. The number of aromatic nitrogens is 4. The van der Waals surface area contributed by atoms with Gasteiger partial charge in [0.2, 0.25) is 0 Å². The standard InChI is InChI=1S/C45H30N4/c1-5-15-31(16-6-1)39-30-46-49-43(35-19-9-3-10-20-35)42(37-23-13-14-24-38(37)44(39)49)34-27-25-33(26-28-34)41-29-40(32-17-7-2-8-18-32)47-45(48-41)36-21-11-4-12-22-36/h1-30H. The van der Waals surface area contributed by atoms with Gasteiger partial charge in [0.1, 0.15) is 0 Å². The van der Waals surface area contributed by atoms with Gasteiger partial charge >= 0.3 is 0 Å². The summed E-state index contributed by atoms with van der Waals surface area (Å²) in [6.07, 6.45) is 2.00. The summed E-state index contributed by atoms with van der Waals surface area (Å²) >= 11 is 0. The van der Waals surface area contributed by atoms with Gasteiger partial charge < -0.3 is 0 Å². The van der Waals surface area contributed by atoms with E-state index in [1.54, 1.807) is 0 Å². The molecule has 0 unspecified atom stereocenters. The highest BCUT2D eigenvalue weighted by Crippen LogP contribution is 2.43. The van der Waals surface area contributed by atoms with Crippen LogP contribution in [-0.4, -0.2) is 19.6 Å². The smallest absolute Gasteiger partial charge is 0.160 e. The first-order chi connectivity index (χ1) is 24.3. The largest absolute Gasteiger partial charge is 0.231 e. The van der Waals surface area contributed by atoms with Gasteiger partial charge in [0.25, 0.3) is 0 Å². The zero-order chi connectivity index (χ0) is 32.6. The van der Waals surface area contributed by atoms with Crippen molar-refractivity contribution < 1.29 is 0 Å². The van der Waals surface area contributed by atoms with Crippen LogP contribution in [0, 0.1) is 0 Å². The van der Waals surface area contributed by atoms with Gasteiger partial charge in [-0.15, -0.1) is 0 Å². The van der Waals surface area contributed by atoms with Crippen LogP contribution in [0.2, 0.25) is 0 Å². The Morgan fingerprint density at radius 3 is 1.47 bits per heavy atom. The third-order valence-electron chi connectivity index (χ3n) is 9.10. The van der Waals surface area contributed by atoms with E-state index in [9.17, 15) is 0 Å². The number of nitrogens with zero attached hydrogens (tertiary/aromatic N) is 4. The Morgan fingerprint density at radius 1 is 0.388 bits per heavy atom. The number of hydrogen-bond donors (Lipinski definition) is 0. The van der Waals surface area contributed by atoms with Crippen LogP contribution >= 0.6 is 0 Å². The van der Waals surface area contributed by atoms with Gasteiger partial charge in [-0.25, -0.2) is 14.5 Å². The highest BCUT2D eigenvalue weighted by molar-refractivity contribution is 6.12. The van der Waals surface area contributed by atoms with Gasteiger partial charge in [-0.3, -0.25) is 0 Å². The molecule has 230 valence electrons. The van der Waals surface area contributed by atoms with Crippen LogP contribution < -0.4 is 0 Å². The fourth-order valence-corrected chi connectivity index (χ4v) is 6.78. The van der Waals surface area contributed by atoms with E-state index in [4.69, 9.17) is 15.1 Å². The summed E-state index contributed by atoms with van der Waals surface area (Å²) in [5.41, 5.74) is 12.6. The van der Waals surface area contributed by atoms with E-state index >= 15 is 0 Å². The van der Waals surface area contributed by atoms with Gasteiger partial charge in [0, 0.05) is 38.8 Å². The molecule has 0 atom stereocenters. The molecule has 3 aromatic heterocycles. The van der Waals surface area contributed by atoms with E-state index in [2.05, 4.69) is 144 Å². The Hall–Kier alpha value is -6.65. The van der Waals surface area contributed by atoms with E-state index in [1.807, 2.05) is 42.6 Å². The van der Waals surface area contributed by atoms with Crippen LogP contribution in [0.25, 0.3) is 83.7 Å². The molecule has 0 amide bonds. The maximum absolute atomic E-state index is 5.06. The molecule has 0 saturated carbocycles. The number of hydrogen-bond acceptors (Lipinski definition) is 3. The molecule has 0 aliphatic heterocycles. The first-order valence-corrected chi connectivity index (χ1v) is 16.5. The lowest BCUT2D eigenvalue weighted by atomic mass is 9.91. The van der Waals surface area contributed by atoms with Crippen LogP contribution in [0.5, 0.6) is 0 Å². The third-order valence-corrected chi connectivity index (χ3v) is 9.10. The minimum Gasteiger partial charge on any atom is -0.231 e. The average Bonchev–Trinajstić information content (AvgIpc) is 3.64. The van der Waals surface area contributed by atoms with Gasteiger partial charge in [0.15, 0.2) is 5.82 Å². The van der Waals surface area contributed by atoms with Crippen molar-refractivity contribution in [1.82, 2.24) is 19.6 Å². The quantitative estimate of drug-likeness (QED) is 0.184. The summed E-state index contributed by atoms with van der Waals surface area (Å²) in [7, 11) is 0. The molecule has 0 fully saturated rings. The normalized spacial score (nSPS) is 11.3. The molecule has 3 heterocycles. The number of benzene rings is 6. The molecule has 4 nitrogen and oxygen atoms in total. The highest BCUT2D eigenvalue weighted by atomic mass is 15.2. The van der Waals surface area contributed by atoms with Crippen molar-refractivity contribution >= 4 is 16.3 Å². The lowest BCUT2D eigenvalue weighted by Gasteiger charge is -2.18. The fourth-order valence-electron chi connectivity index (χ4n) is 6.78. The molecule has 0 aliphatic carbocycles. The molecule has 4 heteroatoms. The zero-order valence-electron chi connectivity index (χ0n) is 26.6. The summed E-state index contributed by atoms with van der Waals surface area (Å²) in [5.74, 6) is 0.705. The molecule has 0 spiro atoms. The lowest BCUT2D eigenvalue weighted by Crippen LogP contribution is -2.00. The SMILES string of the molecule is c1ccc(-c2cc(-c3ccc(-c4c(-c5ccccc5)n5ncc(-c6ccccc6)c5c5ccccc45)cc3)nc(-c3ccccc3)n2)cc1. The molecule has 0 aliphatic rings. The van der Waals surface area contributed by atoms with E-state index in [-0.39, 0.29) is 0 Å². The number of fused-ring (bicyclic) bond motifs is 3. The maximum atomic E-state index is 5.06. The van der Waals surface area contributed by atoms with Crippen molar-refractivity contribution in [3.63, 3.8) is 0 Å². The summed E-state index contributed by atoms with van der Waals surface area (Å²) in [5, 5.41) is 7.39. The van der Waals surface area contributed by atoms with E-state index in [1.165, 1.54) is 5.39 Å². The van der Waals surface area contributed by atoms with E-state index in [0.717, 1.165) is 72.5 Å². The van der Waals surface area contributed by atoms with Crippen molar-refractivity contribution in [2.24, 2.45) is 0 Å². The molecule has 6 aromatic carbocycles. The minimum atomic E-state index is 0.705. The van der Waals surface area contributed by atoms with Crippen molar-refractivity contribution in [3.05, 3.63) is 182 Å². The van der Waals surface area contributed by atoms with Crippen LogP contribution in [0.3, 0.4) is 0 Å². The maximum Gasteiger partial charge on any atom is 0.160 e. The number of pyridine rings is 1. The predicted octanol–water partition coefficient (Wildman–Crippen LogP) is 11.3. The Balaban J connectivity index is 1.25. The van der Waals surface area contributed by atoms with Crippen LogP contribution in [0.1, 0.15) is 0 Å². The van der Waals surface area contributed by atoms with Crippen LogP contribution in [0.15, 0.2) is 182 Å². The molecule has 0 radical (unpaired) electrons. The molecular weight excluding hydrogens is 597 g/mol. The Morgan fingerprint density at radius 2 is 0.857 bits per heavy atom. The van der Waals surface area contributed by atoms with Crippen LogP contribution in [0.4, 0.5) is 0 Å². The second-order valence-electron chi connectivity index (χ2n) is 12.1. The topological polar surface area (TPSA) is 43.1 Å². The van der Waals surface area contributed by atoms with Gasteiger partial charge in [-0.1, -0.05) is 170 Å². The average molecular weight is 627 g/mol. The Bertz CT molecular complexity index is 2500. The van der Waals surface area contributed by atoms with Crippen molar-refractivity contribution in [2.45, 2.75) is 0 Å². The second-order valence-corrected chi connectivity index (χ2v) is 12.1. The second kappa shape index (κ2) is 12.2. The predicted molar refractivity (Wildman–Crippen MR) is 201 cm³/mol. The molecule has 0 N–H and O–H groups in total. The van der Waals surface area contributed by atoms with Crippen molar-refractivity contribution in [2.75, 3.05) is 0 Å². The molecule has 49 heavy (non-hydrogen) atoms. The Kier molecular flexibility index (Phi) is 7.10. The lowest BCUT2D eigenvalue weighted by molar-refractivity contribution is 0.976. The van der Waals surface area contributed by atoms with E-state index in [0.29, 0.717) is 5.82 Å². The minimum absolute atomic E-state index is 0.705. The van der Waals surface area contributed by atoms with Gasteiger partial charge in [-0.05, 0) is 22.6 Å². The van der Waals surface area contributed by atoms with Crippen LogP contribution in [-0.2, 0) is 0 Å². The monoisotopic (exact) mass is 626 g/mol. The first-order valence-electron chi connectivity index (χ1n) is 16.5. The fraction of sp³-hybridized carbons (Fsp3) is 0. The molecule has 0 bridgehead atoms. The highest BCUT2D eigenvalue weighted by Gasteiger charge is 2.21. The molecule has 9 aromatic rings. The van der Waals surface area contributed by atoms with Crippen molar-refractivity contribution in [1.29, 1.82) is 0 Å². The summed E-state index contributed by atoms with van der Waals surface area (Å²) in [6.45, 7) is 0. The third kappa shape index (κ3) is 5.16. The van der Waals surface area contributed by atoms with E-state index < -0.39 is 0 Å². The zero-order valence-corrected chi connectivity index (χ0v) is 26.6. The number of rotatable bonds is 6. The Labute approximate surface area is 284 Å². The summed E-state index contributed by atoms with van der Waals surface area (Å²) in [6, 6.07) is 61.1.